The molecule has 0 saturated carbocycles. The number of nitrogens with zero attached hydrogens (tertiary/aromatic N) is 2. The fourth-order valence-electron chi connectivity index (χ4n) is 2.60. The Hall–Kier alpha value is -1.41. The van der Waals surface area contributed by atoms with Gasteiger partial charge in [0, 0.05) is 17.9 Å². The first kappa shape index (κ1) is 14.5. The fourth-order valence-corrected chi connectivity index (χ4v) is 6.56. The van der Waals surface area contributed by atoms with Gasteiger partial charge in [0.15, 0.2) is 15.0 Å². The van der Waals surface area contributed by atoms with E-state index in [4.69, 9.17) is 0 Å². The van der Waals surface area contributed by atoms with E-state index in [0.717, 1.165) is 0 Å². The van der Waals surface area contributed by atoms with Crippen molar-refractivity contribution in [1.29, 1.82) is 0 Å². The predicted octanol–water partition coefficient (Wildman–Crippen LogP) is 1.45. The second-order valence-electron chi connectivity index (χ2n) is 5.06. The van der Waals surface area contributed by atoms with Crippen LogP contribution >= 0.6 is 11.8 Å². The van der Waals surface area contributed by atoms with Crippen molar-refractivity contribution in [1.82, 2.24) is 0 Å². The maximum atomic E-state index is 13.1. The molecular formula is C13H13FN2O3S2. The lowest BCUT2D eigenvalue weighted by Gasteiger charge is -2.24. The van der Waals surface area contributed by atoms with Crippen LogP contribution in [0.2, 0.25) is 0 Å². The van der Waals surface area contributed by atoms with E-state index in [1.165, 1.54) is 30.8 Å². The third kappa shape index (κ3) is 2.82. The number of fused-ring (bicyclic) bond motifs is 1. The highest BCUT2D eigenvalue weighted by Crippen LogP contribution is 2.40. The van der Waals surface area contributed by atoms with E-state index in [1.54, 1.807) is 17.0 Å². The Bertz CT molecular complexity index is 715. The Morgan fingerprint density at radius 1 is 1.33 bits per heavy atom. The zero-order valence-electron chi connectivity index (χ0n) is 11.2. The van der Waals surface area contributed by atoms with E-state index in [0.29, 0.717) is 10.9 Å². The van der Waals surface area contributed by atoms with Crippen molar-refractivity contribution < 1.29 is 17.6 Å². The molecule has 0 spiro atoms. The van der Waals surface area contributed by atoms with Crippen molar-refractivity contribution in [3.05, 3.63) is 30.1 Å². The second-order valence-corrected chi connectivity index (χ2v) is 8.42. The molecule has 0 radical (unpaired) electrons. The monoisotopic (exact) mass is 328 g/mol. The lowest BCUT2D eigenvalue weighted by atomic mass is 10.2. The van der Waals surface area contributed by atoms with Gasteiger partial charge in [-0.05, 0) is 24.3 Å². The van der Waals surface area contributed by atoms with Crippen LogP contribution in [0.25, 0.3) is 0 Å². The van der Waals surface area contributed by atoms with Crippen molar-refractivity contribution in [3.8, 4) is 0 Å². The number of carbonyl (C=O) groups excluding carboxylic acids is 1. The molecule has 2 fully saturated rings. The maximum absolute atomic E-state index is 13.1. The first-order chi connectivity index (χ1) is 9.85. The molecule has 1 amide bonds. The molecule has 2 saturated heterocycles. The Kier molecular flexibility index (Phi) is 3.53. The highest BCUT2D eigenvalue weighted by molar-refractivity contribution is 8.16. The number of rotatable bonds is 1. The molecule has 2 aliphatic heterocycles. The lowest BCUT2D eigenvalue weighted by molar-refractivity contribution is -0.115. The molecule has 2 aliphatic rings. The summed E-state index contributed by atoms with van der Waals surface area (Å²) in [6.07, 6.45) is 0. The van der Waals surface area contributed by atoms with Gasteiger partial charge in [0.05, 0.1) is 17.5 Å². The third-order valence-electron chi connectivity index (χ3n) is 3.42. The zero-order valence-corrected chi connectivity index (χ0v) is 12.8. The van der Waals surface area contributed by atoms with Crippen LogP contribution in [-0.2, 0) is 14.6 Å². The molecule has 8 heteroatoms. The van der Waals surface area contributed by atoms with Crippen LogP contribution in [-0.4, -0.2) is 42.3 Å². The van der Waals surface area contributed by atoms with E-state index in [9.17, 15) is 17.6 Å². The van der Waals surface area contributed by atoms with Gasteiger partial charge in [-0.1, -0.05) is 11.8 Å². The SMILES string of the molecule is CC(=O)N=C1S[C@H]2CS(=O)(=O)C[C@@H]2N1c1ccc(F)cc1. The summed E-state index contributed by atoms with van der Waals surface area (Å²) in [5, 5.41) is 0.345. The highest BCUT2D eigenvalue weighted by atomic mass is 32.2. The fraction of sp³-hybridized carbons (Fsp3) is 0.385. The smallest absolute Gasteiger partial charge is 0.244 e. The normalized spacial score (nSPS) is 28.9. The highest BCUT2D eigenvalue weighted by Gasteiger charge is 2.49. The molecule has 0 bridgehead atoms. The zero-order chi connectivity index (χ0) is 15.2. The van der Waals surface area contributed by atoms with Gasteiger partial charge in [-0.2, -0.15) is 4.99 Å². The number of benzene rings is 1. The minimum atomic E-state index is -3.08. The van der Waals surface area contributed by atoms with Gasteiger partial charge in [0.25, 0.3) is 0 Å². The standard InChI is InChI=1S/C13H13FN2O3S2/c1-8(17)15-13-16(10-4-2-9(14)3-5-10)11-6-21(18,19)7-12(11)20-13/h2-5,11-12H,6-7H2,1H3/t11-,12-/m0/s1. The molecule has 1 aromatic rings. The molecule has 1 aromatic carbocycles. The number of hydrogen-bond donors (Lipinski definition) is 0. The van der Waals surface area contributed by atoms with Crippen LogP contribution in [0.15, 0.2) is 29.3 Å². The van der Waals surface area contributed by atoms with Crippen LogP contribution in [0.3, 0.4) is 0 Å². The Balaban J connectivity index is 2.02. The number of halogens is 1. The van der Waals surface area contributed by atoms with Gasteiger partial charge in [-0.15, -0.1) is 0 Å². The van der Waals surface area contributed by atoms with E-state index in [-0.39, 0.29) is 34.5 Å². The molecule has 0 aliphatic carbocycles. The topological polar surface area (TPSA) is 66.8 Å². The van der Waals surface area contributed by atoms with Crippen LogP contribution in [0.1, 0.15) is 6.92 Å². The van der Waals surface area contributed by atoms with Gasteiger partial charge >= 0.3 is 0 Å². The minimum absolute atomic E-state index is 0.0268. The number of hydrogen-bond acceptors (Lipinski definition) is 4. The average molecular weight is 328 g/mol. The van der Waals surface area contributed by atoms with Gasteiger partial charge in [-0.3, -0.25) is 4.79 Å². The van der Waals surface area contributed by atoms with Crippen LogP contribution in [0, 0.1) is 5.82 Å². The lowest BCUT2D eigenvalue weighted by Crippen LogP contribution is -2.37. The summed E-state index contributed by atoms with van der Waals surface area (Å²) in [7, 11) is -3.08. The maximum Gasteiger partial charge on any atom is 0.244 e. The number of sulfone groups is 1. The van der Waals surface area contributed by atoms with Crippen LogP contribution < -0.4 is 4.90 Å². The van der Waals surface area contributed by atoms with E-state index < -0.39 is 9.84 Å². The molecule has 0 unspecified atom stereocenters. The molecule has 21 heavy (non-hydrogen) atoms. The molecular weight excluding hydrogens is 315 g/mol. The Labute approximate surface area is 126 Å². The summed E-state index contributed by atoms with van der Waals surface area (Å²) in [6, 6.07) is 5.49. The molecule has 2 heterocycles. The summed E-state index contributed by atoms with van der Waals surface area (Å²) in [5.41, 5.74) is 0.647. The van der Waals surface area contributed by atoms with E-state index in [1.807, 2.05) is 0 Å². The first-order valence-electron chi connectivity index (χ1n) is 6.37. The van der Waals surface area contributed by atoms with E-state index in [2.05, 4.69) is 4.99 Å². The first-order valence-corrected chi connectivity index (χ1v) is 9.07. The van der Waals surface area contributed by atoms with Crippen molar-refractivity contribution >= 4 is 38.4 Å². The number of anilines is 1. The second kappa shape index (κ2) is 5.10. The minimum Gasteiger partial charge on any atom is -0.316 e. The largest absolute Gasteiger partial charge is 0.316 e. The molecule has 112 valence electrons. The van der Waals surface area contributed by atoms with Gasteiger partial charge in [-0.25, -0.2) is 12.8 Å². The van der Waals surface area contributed by atoms with E-state index >= 15 is 0 Å². The van der Waals surface area contributed by atoms with Crippen LogP contribution in [0.4, 0.5) is 10.1 Å². The quantitative estimate of drug-likeness (QED) is 0.780. The van der Waals surface area contributed by atoms with Crippen molar-refractivity contribution in [2.45, 2.75) is 18.2 Å². The summed E-state index contributed by atoms with van der Waals surface area (Å²) in [6.45, 7) is 1.35. The van der Waals surface area contributed by atoms with Gasteiger partial charge in [0.2, 0.25) is 5.91 Å². The van der Waals surface area contributed by atoms with Crippen LogP contribution in [0.5, 0.6) is 0 Å². The number of amidine groups is 1. The molecule has 0 aromatic heterocycles. The number of amides is 1. The van der Waals surface area contributed by atoms with Crippen molar-refractivity contribution in [3.63, 3.8) is 0 Å². The number of thioether (sulfide) groups is 1. The summed E-state index contributed by atoms with van der Waals surface area (Å²) in [5.74, 6) is -0.602. The van der Waals surface area contributed by atoms with Gasteiger partial charge in [0.1, 0.15) is 5.82 Å². The summed E-state index contributed by atoms with van der Waals surface area (Å²) >= 11 is 1.30. The average Bonchev–Trinajstić information content (AvgIpc) is 2.81. The molecule has 2 atom stereocenters. The summed E-state index contributed by atoms with van der Waals surface area (Å²) in [4.78, 5) is 17.0. The number of carbonyl (C=O) groups is 1. The van der Waals surface area contributed by atoms with Crippen molar-refractivity contribution in [2.75, 3.05) is 16.4 Å². The Morgan fingerprint density at radius 3 is 2.62 bits per heavy atom. The molecule has 5 nitrogen and oxygen atoms in total. The Morgan fingerprint density at radius 2 is 2.00 bits per heavy atom. The van der Waals surface area contributed by atoms with Gasteiger partial charge < -0.3 is 4.90 Å². The number of aliphatic imine (C=N–C) groups is 1. The summed E-state index contributed by atoms with van der Waals surface area (Å²) < 4.78 is 36.7. The van der Waals surface area contributed by atoms with Crippen molar-refractivity contribution in [2.24, 2.45) is 4.99 Å². The predicted molar refractivity (Wildman–Crippen MR) is 80.8 cm³/mol. The molecule has 0 N–H and O–H groups in total. The molecule has 3 rings (SSSR count). The third-order valence-corrected chi connectivity index (χ3v) is 6.63.